The molecule has 0 aliphatic carbocycles. The van der Waals surface area contributed by atoms with E-state index in [4.69, 9.17) is 0 Å². The molecule has 0 bridgehead atoms. The molecule has 0 radical (unpaired) electrons. The van der Waals surface area contributed by atoms with E-state index in [0.29, 0.717) is 0 Å². The van der Waals surface area contributed by atoms with Crippen molar-refractivity contribution in [3.05, 3.63) is 12.0 Å². The summed E-state index contributed by atoms with van der Waals surface area (Å²) in [6.45, 7) is 1.95. The molecule has 2 N–H and O–H groups in total. The predicted molar refractivity (Wildman–Crippen MR) is 51.8 cm³/mol. The lowest BCUT2D eigenvalue weighted by Crippen LogP contribution is -1.89. The number of anilines is 1. The first kappa shape index (κ1) is 8.18. The van der Waals surface area contributed by atoms with E-state index < -0.39 is 0 Å². The van der Waals surface area contributed by atoms with Gasteiger partial charge in [0.05, 0.1) is 11.3 Å². The number of rotatable bonds is 2. The molecule has 13 heavy (non-hydrogen) atoms. The molecule has 0 aliphatic heterocycles. The highest BCUT2D eigenvalue weighted by atomic mass is 32.1. The van der Waals surface area contributed by atoms with Crippen LogP contribution in [0.4, 0.5) is 5.00 Å². The number of nitrogens with zero attached hydrogens (tertiary/aromatic N) is 3. The lowest BCUT2D eigenvalue weighted by Gasteiger charge is -1.97. The van der Waals surface area contributed by atoms with Gasteiger partial charge >= 0.3 is 0 Å². The Balaban J connectivity index is 2.55. The molecule has 0 saturated carbocycles. The second kappa shape index (κ2) is 3.14. The first-order valence-corrected chi connectivity index (χ1v) is 4.60. The Morgan fingerprint density at radius 1 is 1.54 bits per heavy atom. The molecule has 68 valence electrons. The normalized spacial score (nSPS) is 10.3. The van der Waals surface area contributed by atoms with Crippen LogP contribution in [0.15, 0.2) is 6.33 Å². The van der Waals surface area contributed by atoms with Gasteiger partial charge in [-0.25, -0.2) is 4.98 Å². The van der Waals surface area contributed by atoms with Crippen LogP contribution in [0.2, 0.25) is 0 Å². The monoisotopic (exact) mass is 195 g/mol. The van der Waals surface area contributed by atoms with Crippen molar-refractivity contribution in [1.29, 1.82) is 0 Å². The topological polar surface area (TPSA) is 66.5 Å². The fourth-order valence-electron chi connectivity index (χ4n) is 1.15. The summed E-state index contributed by atoms with van der Waals surface area (Å²) in [5, 5.41) is 10.7. The number of aromatic amines is 1. The van der Waals surface area contributed by atoms with Crippen LogP contribution in [0.5, 0.6) is 0 Å². The molecular weight excluding hydrogens is 186 g/mol. The van der Waals surface area contributed by atoms with Crippen LogP contribution in [0.25, 0.3) is 11.4 Å². The lowest BCUT2D eigenvalue weighted by molar-refractivity contribution is 1.09. The van der Waals surface area contributed by atoms with Gasteiger partial charge in [-0.3, -0.25) is 5.10 Å². The number of aryl methyl sites for hydroxylation is 1. The minimum Gasteiger partial charge on any atom is -0.378 e. The Morgan fingerprint density at radius 3 is 3.00 bits per heavy atom. The number of hydrogen-bond acceptors (Lipinski definition) is 5. The predicted octanol–water partition coefficient (Wildman–Crippen LogP) is 1.28. The second-order valence-corrected chi connectivity index (χ2v) is 3.33. The van der Waals surface area contributed by atoms with Crippen molar-refractivity contribution in [2.45, 2.75) is 6.92 Å². The van der Waals surface area contributed by atoms with Gasteiger partial charge in [0, 0.05) is 7.05 Å². The van der Waals surface area contributed by atoms with E-state index in [1.54, 1.807) is 0 Å². The third-order valence-electron chi connectivity index (χ3n) is 1.74. The molecule has 6 heteroatoms. The molecule has 2 rings (SSSR count). The maximum absolute atomic E-state index is 4.23. The second-order valence-electron chi connectivity index (χ2n) is 2.56. The summed E-state index contributed by atoms with van der Waals surface area (Å²) in [5.41, 5.74) is 1.97. The van der Waals surface area contributed by atoms with Crippen LogP contribution in [-0.2, 0) is 0 Å². The first-order valence-electron chi connectivity index (χ1n) is 3.82. The van der Waals surface area contributed by atoms with Crippen LogP contribution < -0.4 is 5.32 Å². The van der Waals surface area contributed by atoms with Gasteiger partial charge in [-0.1, -0.05) is 0 Å². The largest absolute Gasteiger partial charge is 0.378 e. The molecule has 0 fully saturated rings. The van der Waals surface area contributed by atoms with Gasteiger partial charge in [0.25, 0.3) is 0 Å². The van der Waals surface area contributed by atoms with Gasteiger partial charge in [0.2, 0.25) is 0 Å². The number of aromatic nitrogens is 4. The molecule has 2 heterocycles. The molecule has 0 unspecified atom stereocenters. The van der Waals surface area contributed by atoms with Crippen molar-refractivity contribution in [3.63, 3.8) is 0 Å². The van der Waals surface area contributed by atoms with Crippen molar-refractivity contribution >= 4 is 16.5 Å². The Kier molecular flexibility index (Phi) is 1.97. The minimum atomic E-state index is 0.760. The van der Waals surface area contributed by atoms with Crippen LogP contribution in [0, 0.1) is 6.92 Å². The molecule has 2 aromatic heterocycles. The van der Waals surface area contributed by atoms with Gasteiger partial charge in [-0.15, -0.1) is 0 Å². The van der Waals surface area contributed by atoms with E-state index in [2.05, 4.69) is 24.9 Å². The molecule has 0 aromatic carbocycles. The SMILES string of the molecule is CNc1snc(C)c1-c1ncn[nH]1. The zero-order valence-corrected chi connectivity index (χ0v) is 8.14. The standard InChI is InChI=1S/C7H9N5S/c1-4-5(6-9-3-10-11-6)7(8-2)13-12-4/h3,8H,1-2H3,(H,9,10,11). The van der Waals surface area contributed by atoms with Crippen molar-refractivity contribution in [3.8, 4) is 11.4 Å². The molecule has 2 aromatic rings. The minimum absolute atomic E-state index is 0.760. The quantitative estimate of drug-likeness (QED) is 0.757. The highest BCUT2D eigenvalue weighted by Crippen LogP contribution is 2.31. The van der Waals surface area contributed by atoms with Crippen molar-refractivity contribution in [2.75, 3.05) is 12.4 Å². The van der Waals surface area contributed by atoms with Gasteiger partial charge < -0.3 is 5.32 Å². The van der Waals surface area contributed by atoms with Gasteiger partial charge in [-0.05, 0) is 18.5 Å². The molecule has 0 amide bonds. The lowest BCUT2D eigenvalue weighted by atomic mass is 10.2. The molecular formula is C7H9N5S. The van der Waals surface area contributed by atoms with Gasteiger partial charge in [0.15, 0.2) is 5.82 Å². The third-order valence-corrected chi connectivity index (χ3v) is 2.70. The summed E-state index contributed by atoms with van der Waals surface area (Å²) in [6.07, 6.45) is 1.49. The Labute approximate surface area is 79.4 Å². The Bertz CT molecular complexity index is 391. The maximum Gasteiger partial charge on any atom is 0.160 e. The maximum atomic E-state index is 4.23. The summed E-state index contributed by atoms with van der Waals surface area (Å²) in [6, 6.07) is 0. The highest BCUT2D eigenvalue weighted by molar-refractivity contribution is 7.10. The number of nitrogens with one attached hydrogen (secondary N) is 2. The third kappa shape index (κ3) is 1.29. The van der Waals surface area contributed by atoms with Crippen LogP contribution in [0.3, 0.4) is 0 Å². The first-order chi connectivity index (χ1) is 6.33. The van der Waals surface area contributed by atoms with Crippen molar-refractivity contribution < 1.29 is 0 Å². The fraction of sp³-hybridized carbons (Fsp3) is 0.286. The fourth-order valence-corrected chi connectivity index (χ4v) is 1.89. The van der Waals surface area contributed by atoms with E-state index in [-0.39, 0.29) is 0 Å². The van der Waals surface area contributed by atoms with Gasteiger partial charge in [0.1, 0.15) is 11.3 Å². The summed E-state index contributed by atoms with van der Waals surface area (Å²) >= 11 is 1.43. The smallest absolute Gasteiger partial charge is 0.160 e. The molecule has 0 atom stereocenters. The molecule has 0 saturated heterocycles. The van der Waals surface area contributed by atoms with Crippen LogP contribution in [0.1, 0.15) is 5.69 Å². The highest BCUT2D eigenvalue weighted by Gasteiger charge is 2.13. The zero-order chi connectivity index (χ0) is 9.26. The van der Waals surface area contributed by atoms with Gasteiger partial charge in [-0.2, -0.15) is 9.47 Å². The van der Waals surface area contributed by atoms with E-state index in [0.717, 1.165) is 22.1 Å². The molecule has 0 spiro atoms. The summed E-state index contributed by atoms with van der Waals surface area (Å²) in [4.78, 5) is 4.09. The Morgan fingerprint density at radius 2 is 2.38 bits per heavy atom. The van der Waals surface area contributed by atoms with Crippen LogP contribution in [-0.4, -0.2) is 26.6 Å². The molecule has 5 nitrogen and oxygen atoms in total. The summed E-state index contributed by atoms with van der Waals surface area (Å²) < 4.78 is 4.23. The molecule has 0 aliphatic rings. The summed E-state index contributed by atoms with van der Waals surface area (Å²) in [5.74, 6) is 0.760. The van der Waals surface area contributed by atoms with E-state index in [1.165, 1.54) is 17.9 Å². The zero-order valence-electron chi connectivity index (χ0n) is 7.33. The van der Waals surface area contributed by atoms with Crippen molar-refractivity contribution in [2.24, 2.45) is 0 Å². The number of hydrogen-bond donors (Lipinski definition) is 2. The average molecular weight is 195 g/mol. The van der Waals surface area contributed by atoms with Crippen molar-refractivity contribution in [1.82, 2.24) is 19.6 Å². The average Bonchev–Trinajstić information content (AvgIpc) is 2.72. The van der Waals surface area contributed by atoms with E-state index >= 15 is 0 Å². The van der Waals surface area contributed by atoms with E-state index in [9.17, 15) is 0 Å². The van der Waals surface area contributed by atoms with Crippen LogP contribution >= 0.6 is 11.5 Å². The Hall–Kier alpha value is -1.43. The summed E-state index contributed by atoms with van der Waals surface area (Å²) in [7, 11) is 1.87. The number of H-pyrrole nitrogens is 1. The van der Waals surface area contributed by atoms with E-state index in [1.807, 2.05) is 14.0 Å².